The largest absolute Gasteiger partial charge is 0.496 e. The minimum absolute atomic E-state index is 0.160. The van der Waals surface area contributed by atoms with Crippen LogP contribution in [0, 0.1) is 17.2 Å². The third-order valence-electron chi connectivity index (χ3n) is 3.10. The molecule has 0 aromatic heterocycles. The van der Waals surface area contributed by atoms with E-state index in [1.165, 1.54) is 0 Å². The summed E-state index contributed by atoms with van der Waals surface area (Å²) in [4.78, 5) is 11.7. The number of ether oxygens (including phenoxy) is 1. The summed E-state index contributed by atoms with van der Waals surface area (Å²) in [6.07, 6.45) is 2.64. The molecule has 2 rings (SSSR count). The first-order valence-electron chi connectivity index (χ1n) is 5.90. The van der Waals surface area contributed by atoms with E-state index in [4.69, 9.17) is 10.00 Å². The number of carbonyl (C=O) groups is 1. The van der Waals surface area contributed by atoms with Crippen LogP contribution >= 0.6 is 15.9 Å². The molecule has 0 N–H and O–H groups in total. The zero-order valence-corrected chi connectivity index (χ0v) is 11.7. The average Bonchev–Trinajstić information content (AvgIpc) is 3.22. The molecule has 1 atom stereocenters. The molecule has 1 aromatic rings. The lowest BCUT2D eigenvalue weighted by atomic mass is 10.0. The van der Waals surface area contributed by atoms with Crippen LogP contribution in [-0.2, 0) is 11.2 Å². The Labute approximate surface area is 115 Å². The molecular weight excluding hydrogens is 294 g/mol. The number of halogens is 1. The van der Waals surface area contributed by atoms with Gasteiger partial charge in [-0.2, -0.15) is 5.26 Å². The Balaban J connectivity index is 2.13. The van der Waals surface area contributed by atoms with Crippen LogP contribution < -0.4 is 4.74 Å². The van der Waals surface area contributed by atoms with E-state index in [2.05, 4.69) is 22.0 Å². The number of alkyl halides is 1. The van der Waals surface area contributed by atoms with Crippen molar-refractivity contribution in [2.45, 2.75) is 24.1 Å². The number of carbonyl (C=O) groups excluding carboxylic acids is 1. The van der Waals surface area contributed by atoms with Gasteiger partial charge in [-0.25, -0.2) is 0 Å². The molecule has 1 aliphatic carbocycles. The molecule has 0 saturated heterocycles. The Morgan fingerprint density at radius 2 is 2.33 bits per heavy atom. The Hall–Kier alpha value is -1.34. The highest BCUT2D eigenvalue weighted by Crippen LogP contribution is 2.34. The lowest BCUT2D eigenvalue weighted by molar-refractivity contribution is -0.119. The highest BCUT2D eigenvalue weighted by atomic mass is 79.9. The molecule has 94 valence electrons. The minimum atomic E-state index is -0.160. The number of ketones is 1. The van der Waals surface area contributed by atoms with Crippen LogP contribution in [0.2, 0.25) is 0 Å². The summed E-state index contributed by atoms with van der Waals surface area (Å²) in [5.41, 5.74) is 1.52. The van der Waals surface area contributed by atoms with Gasteiger partial charge >= 0.3 is 0 Å². The molecule has 0 radical (unpaired) electrons. The van der Waals surface area contributed by atoms with Crippen LogP contribution in [0.4, 0.5) is 0 Å². The predicted octanol–water partition coefficient (Wildman–Crippen LogP) is 2.85. The van der Waals surface area contributed by atoms with Crippen molar-refractivity contribution < 1.29 is 9.53 Å². The van der Waals surface area contributed by atoms with Crippen molar-refractivity contribution in [1.82, 2.24) is 0 Å². The number of rotatable bonds is 5. The molecule has 1 unspecified atom stereocenters. The summed E-state index contributed by atoms with van der Waals surface area (Å²) in [6.45, 7) is 0. The third kappa shape index (κ3) is 2.91. The monoisotopic (exact) mass is 307 g/mol. The van der Waals surface area contributed by atoms with E-state index in [9.17, 15) is 4.79 Å². The lowest BCUT2D eigenvalue weighted by Gasteiger charge is -2.12. The molecule has 4 heteroatoms. The second-order valence-electron chi connectivity index (χ2n) is 4.49. The van der Waals surface area contributed by atoms with Crippen molar-refractivity contribution in [3.8, 4) is 11.8 Å². The van der Waals surface area contributed by atoms with E-state index in [0.29, 0.717) is 17.7 Å². The summed E-state index contributed by atoms with van der Waals surface area (Å²) < 4.78 is 5.26. The fourth-order valence-corrected chi connectivity index (χ4v) is 2.62. The van der Waals surface area contributed by atoms with Crippen molar-refractivity contribution in [2.24, 2.45) is 5.92 Å². The number of hydrogen-bond donors (Lipinski definition) is 0. The van der Waals surface area contributed by atoms with Gasteiger partial charge < -0.3 is 4.74 Å². The summed E-state index contributed by atoms with van der Waals surface area (Å²) in [5, 5.41) is 8.83. The van der Waals surface area contributed by atoms with E-state index in [1.807, 2.05) is 6.07 Å². The zero-order valence-electron chi connectivity index (χ0n) is 10.1. The molecular formula is C14H14BrNO2. The normalized spacial score (nSPS) is 15.8. The minimum Gasteiger partial charge on any atom is -0.496 e. The van der Waals surface area contributed by atoms with Gasteiger partial charge in [-0.05, 0) is 37.0 Å². The number of nitrogens with zero attached hydrogens (tertiary/aromatic N) is 1. The van der Waals surface area contributed by atoms with Crippen LogP contribution in [0.25, 0.3) is 0 Å². The third-order valence-corrected chi connectivity index (χ3v) is 3.88. The summed E-state index contributed by atoms with van der Waals surface area (Å²) in [5.74, 6) is 1.20. The molecule has 1 fully saturated rings. The molecule has 0 heterocycles. The highest BCUT2D eigenvalue weighted by Gasteiger charge is 2.33. The second-order valence-corrected chi connectivity index (χ2v) is 5.59. The van der Waals surface area contributed by atoms with Gasteiger partial charge in [-0.1, -0.05) is 22.0 Å². The van der Waals surface area contributed by atoms with Crippen LogP contribution in [0.1, 0.15) is 24.0 Å². The van der Waals surface area contributed by atoms with Gasteiger partial charge in [0.15, 0.2) is 0 Å². The Kier molecular flexibility index (Phi) is 4.03. The second kappa shape index (κ2) is 5.53. The maximum Gasteiger partial charge on any atom is 0.149 e. The number of Topliss-reactive ketones (excluding diaryl/α,β-unsaturated/α-hetero) is 1. The average molecular weight is 308 g/mol. The highest BCUT2D eigenvalue weighted by molar-refractivity contribution is 9.10. The molecule has 0 amide bonds. The van der Waals surface area contributed by atoms with Crippen molar-refractivity contribution in [1.29, 1.82) is 5.26 Å². The van der Waals surface area contributed by atoms with Crippen LogP contribution in [0.5, 0.6) is 5.75 Å². The van der Waals surface area contributed by atoms with Gasteiger partial charge in [0.05, 0.1) is 23.6 Å². The van der Waals surface area contributed by atoms with Gasteiger partial charge in [-0.3, -0.25) is 4.79 Å². The van der Waals surface area contributed by atoms with Gasteiger partial charge in [0.2, 0.25) is 0 Å². The van der Waals surface area contributed by atoms with Gasteiger partial charge in [0.25, 0.3) is 0 Å². The SMILES string of the molecule is COc1cc(C#N)ccc1CC(Br)C(=O)C1CC1. The zero-order chi connectivity index (χ0) is 13.1. The number of nitriles is 1. The first-order chi connectivity index (χ1) is 8.65. The van der Waals surface area contributed by atoms with Crippen LogP contribution in [0.3, 0.4) is 0 Å². The summed E-state index contributed by atoms with van der Waals surface area (Å²) in [6, 6.07) is 7.38. The van der Waals surface area contributed by atoms with Crippen molar-refractivity contribution in [3.05, 3.63) is 29.3 Å². The summed E-state index contributed by atoms with van der Waals surface area (Å²) in [7, 11) is 1.58. The van der Waals surface area contributed by atoms with Crippen LogP contribution in [-0.4, -0.2) is 17.7 Å². The van der Waals surface area contributed by atoms with Crippen molar-refractivity contribution in [3.63, 3.8) is 0 Å². The quantitative estimate of drug-likeness (QED) is 0.786. The Morgan fingerprint density at radius 1 is 1.61 bits per heavy atom. The number of benzene rings is 1. The lowest BCUT2D eigenvalue weighted by Crippen LogP contribution is -2.18. The van der Waals surface area contributed by atoms with Gasteiger partial charge in [0.1, 0.15) is 11.5 Å². The first kappa shape index (κ1) is 13.1. The Morgan fingerprint density at radius 3 is 2.89 bits per heavy atom. The first-order valence-corrected chi connectivity index (χ1v) is 6.82. The number of methoxy groups -OCH3 is 1. The molecule has 18 heavy (non-hydrogen) atoms. The molecule has 1 aliphatic rings. The molecule has 3 nitrogen and oxygen atoms in total. The molecule has 0 spiro atoms. The van der Waals surface area contributed by atoms with Gasteiger partial charge in [0, 0.05) is 5.92 Å². The van der Waals surface area contributed by atoms with E-state index in [-0.39, 0.29) is 16.5 Å². The fraction of sp³-hybridized carbons (Fsp3) is 0.429. The molecule has 1 saturated carbocycles. The van der Waals surface area contributed by atoms with E-state index < -0.39 is 0 Å². The van der Waals surface area contributed by atoms with Crippen LogP contribution in [0.15, 0.2) is 18.2 Å². The number of hydrogen-bond acceptors (Lipinski definition) is 3. The van der Waals surface area contributed by atoms with E-state index >= 15 is 0 Å². The Bertz CT molecular complexity index is 503. The molecule has 1 aromatic carbocycles. The summed E-state index contributed by atoms with van der Waals surface area (Å²) >= 11 is 3.45. The maximum absolute atomic E-state index is 11.9. The molecule has 0 bridgehead atoms. The van der Waals surface area contributed by atoms with E-state index in [0.717, 1.165) is 18.4 Å². The topological polar surface area (TPSA) is 50.1 Å². The standard InChI is InChI=1S/C14H14BrNO2/c1-18-13-6-9(8-16)2-3-11(13)7-12(15)14(17)10-4-5-10/h2-3,6,10,12H,4-5,7H2,1H3. The van der Waals surface area contributed by atoms with Crippen molar-refractivity contribution >= 4 is 21.7 Å². The molecule has 0 aliphatic heterocycles. The van der Waals surface area contributed by atoms with Crippen molar-refractivity contribution in [2.75, 3.05) is 7.11 Å². The predicted molar refractivity (Wildman–Crippen MR) is 71.9 cm³/mol. The fourth-order valence-electron chi connectivity index (χ4n) is 1.90. The van der Waals surface area contributed by atoms with E-state index in [1.54, 1.807) is 19.2 Å². The maximum atomic E-state index is 11.9. The van der Waals surface area contributed by atoms with Gasteiger partial charge in [-0.15, -0.1) is 0 Å². The smallest absolute Gasteiger partial charge is 0.149 e.